The number of carbonyl (C=O) groups excluding carboxylic acids is 1. The molecule has 0 aliphatic carbocycles. The number of benzene rings is 2. The largest absolute Gasteiger partial charge is 0.478 e. The van der Waals surface area contributed by atoms with Gasteiger partial charge in [-0.2, -0.15) is 0 Å². The summed E-state index contributed by atoms with van der Waals surface area (Å²) >= 11 is 0. The Morgan fingerprint density at radius 3 is 2.47 bits per heavy atom. The Hall–Kier alpha value is -3.52. The lowest BCUT2D eigenvalue weighted by atomic mass is 9.76. The van der Waals surface area contributed by atoms with E-state index in [9.17, 15) is 14.7 Å². The highest BCUT2D eigenvalue weighted by molar-refractivity contribution is 5.97. The van der Waals surface area contributed by atoms with Crippen molar-refractivity contribution in [1.82, 2.24) is 20.0 Å². The summed E-state index contributed by atoms with van der Waals surface area (Å²) in [4.78, 5) is 28.6. The molecule has 2 aliphatic rings. The molecule has 176 valence electrons. The van der Waals surface area contributed by atoms with Crippen molar-refractivity contribution >= 4 is 11.9 Å². The predicted octanol–water partition coefficient (Wildman–Crippen LogP) is 3.95. The molecule has 0 radical (unpaired) electrons. The Labute approximate surface area is 198 Å². The topological polar surface area (TPSA) is 99.8 Å². The predicted molar refractivity (Wildman–Crippen MR) is 124 cm³/mol. The molecule has 1 amide bonds. The maximum atomic E-state index is 13.1. The van der Waals surface area contributed by atoms with Crippen LogP contribution in [0.5, 0.6) is 0 Å². The van der Waals surface area contributed by atoms with Gasteiger partial charge < -0.3 is 14.4 Å². The van der Waals surface area contributed by atoms with Gasteiger partial charge in [-0.3, -0.25) is 9.69 Å². The quantitative estimate of drug-likeness (QED) is 0.615. The lowest BCUT2D eigenvalue weighted by molar-refractivity contribution is 0.0588. The van der Waals surface area contributed by atoms with Crippen LogP contribution >= 0.6 is 0 Å². The SMILES string of the molecule is Cc1nnc(C2CC3(CCN(C(=O)c4cccc(C(=O)O)c4)CC3)CN2Cc2ccccc2)o1. The molecule has 2 aromatic carbocycles. The van der Waals surface area contributed by atoms with Crippen LogP contribution in [0.3, 0.4) is 0 Å². The highest BCUT2D eigenvalue weighted by Gasteiger charge is 2.48. The fourth-order valence-electron chi connectivity index (χ4n) is 5.33. The summed E-state index contributed by atoms with van der Waals surface area (Å²) in [7, 11) is 0. The monoisotopic (exact) mass is 460 g/mol. The third kappa shape index (κ3) is 4.46. The van der Waals surface area contributed by atoms with Crippen LogP contribution in [0.1, 0.15) is 63.4 Å². The second-order valence-electron chi connectivity index (χ2n) is 9.45. The van der Waals surface area contributed by atoms with E-state index in [2.05, 4.69) is 39.4 Å². The third-order valence-corrected chi connectivity index (χ3v) is 7.13. The number of aromatic nitrogens is 2. The summed E-state index contributed by atoms with van der Waals surface area (Å²) < 4.78 is 5.84. The Kier molecular flexibility index (Phi) is 5.91. The van der Waals surface area contributed by atoms with Crippen molar-refractivity contribution in [2.75, 3.05) is 19.6 Å². The normalized spacial score (nSPS) is 20.0. The fourth-order valence-corrected chi connectivity index (χ4v) is 5.33. The average molecular weight is 461 g/mol. The van der Waals surface area contributed by atoms with Gasteiger partial charge in [-0.25, -0.2) is 4.79 Å². The minimum atomic E-state index is -1.03. The Morgan fingerprint density at radius 2 is 1.79 bits per heavy atom. The van der Waals surface area contributed by atoms with Gasteiger partial charge in [0.05, 0.1) is 11.6 Å². The number of aromatic carboxylic acids is 1. The molecule has 8 heteroatoms. The molecule has 34 heavy (non-hydrogen) atoms. The first kappa shape index (κ1) is 22.3. The Balaban J connectivity index is 1.31. The molecule has 1 spiro atoms. The maximum absolute atomic E-state index is 13.1. The van der Waals surface area contributed by atoms with Gasteiger partial charge in [0.25, 0.3) is 5.91 Å². The van der Waals surface area contributed by atoms with Gasteiger partial charge >= 0.3 is 5.97 Å². The van der Waals surface area contributed by atoms with Crippen molar-refractivity contribution in [3.63, 3.8) is 0 Å². The van der Waals surface area contributed by atoms with E-state index in [0.717, 1.165) is 32.4 Å². The molecule has 2 fully saturated rings. The second kappa shape index (κ2) is 9.02. The molecular weight excluding hydrogens is 432 g/mol. The van der Waals surface area contributed by atoms with Crippen LogP contribution in [0.2, 0.25) is 0 Å². The fraction of sp³-hybridized carbons (Fsp3) is 0.385. The molecule has 8 nitrogen and oxygen atoms in total. The van der Waals surface area contributed by atoms with Gasteiger partial charge in [0, 0.05) is 38.7 Å². The molecule has 3 aromatic rings. The number of hydrogen-bond acceptors (Lipinski definition) is 6. The van der Waals surface area contributed by atoms with Gasteiger partial charge in [0.2, 0.25) is 11.8 Å². The minimum absolute atomic E-state index is 0.0518. The van der Waals surface area contributed by atoms with E-state index < -0.39 is 5.97 Å². The highest BCUT2D eigenvalue weighted by Crippen LogP contribution is 2.49. The molecule has 3 heterocycles. The minimum Gasteiger partial charge on any atom is -0.478 e. The van der Waals surface area contributed by atoms with Crippen LogP contribution in [-0.4, -0.2) is 56.6 Å². The van der Waals surface area contributed by atoms with Gasteiger partial charge in [-0.05, 0) is 48.4 Å². The number of carboxylic acids is 1. The average Bonchev–Trinajstić information content (AvgIpc) is 3.43. The van der Waals surface area contributed by atoms with Crippen LogP contribution in [0, 0.1) is 12.3 Å². The smallest absolute Gasteiger partial charge is 0.335 e. The van der Waals surface area contributed by atoms with E-state index in [1.807, 2.05) is 17.9 Å². The lowest BCUT2D eigenvalue weighted by Gasteiger charge is -2.39. The number of aryl methyl sites for hydroxylation is 1. The first-order valence-corrected chi connectivity index (χ1v) is 11.6. The second-order valence-corrected chi connectivity index (χ2v) is 9.45. The van der Waals surface area contributed by atoms with Crippen molar-refractivity contribution in [2.45, 2.75) is 38.8 Å². The van der Waals surface area contributed by atoms with E-state index >= 15 is 0 Å². The molecule has 2 saturated heterocycles. The molecule has 5 rings (SSSR count). The third-order valence-electron chi connectivity index (χ3n) is 7.13. The van der Waals surface area contributed by atoms with Crippen LogP contribution in [0.25, 0.3) is 0 Å². The van der Waals surface area contributed by atoms with Crippen LogP contribution in [0.4, 0.5) is 0 Å². The summed E-state index contributed by atoms with van der Waals surface area (Å²) in [5.41, 5.74) is 1.87. The molecule has 1 aromatic heterocycles. The first-order chi connectivity index (χ1) is 16.4. The molecule has 1 atom stereocenters. The van der Waals surface area contributed by atoms with Gasteiger partial charge in [-0.1, -0.05) is 36.4 Å². The van der Waals surface area contributed by atoms with Gasteiger partial charge in [0.15, 0.2) is 0 Å². The van der Waals surface area contributed by atoms with Crippen molar-refractivity contribution < 1.29 is 19.1 Å². The molecular formula is C26H28N4O4. The summed E-state index contributed by atoms with van der Waals surface area (Å²) in [6.07, 6.45) is 2.68. The summed E-state index contributed by atoms with van der Waals surface area (Å²) in [6, 6.07) is 16.7. The van der Waals surface area contributed by atoms with Gasteiger partial charge in [-0.15, -0.1) is 10.2 Å². The molecule has 0 bridgehead atoms. The van der Waals surface area contributed by atoms with Crippen LogP contribution in [-0.2, 0) is 6.54 Å². The zero-order chi connectivity index (χ0) is 23.7. The van der Waals surface area contributed by atoms with Crippen LogP contribution in [0.15, 0.2) is 59.0 Å². The first-order valence-electron chi connectivity index (χ1n) is 11.6. The zero-order valence-corrected chi connectivity index (χ0v) is 19.2. The van der Waals surface area contributed by atoms with Crippen molar-refractivity contribution in [1.29, 1.82) is 0 Å². The van der Waals surface area contributed by atoms with E-state index in [0.29, 0.717) is 30.4 Å². The lowest BCUT2D eigenvalue weighted by Crippen LogP contribution is -2.44. The number of rotatable bonds is 5. The highest BCUT2D eigenvalue weighted by atomic mass is 16.4. The van der Waals surface area contributed by atoms with Crippen molar-refractivity contribution in [3.05, 3.63) is 83.1 Å². The van der Waals surface area contributed by atoms with E-state index in [1.165, 1.54) is 17.7 Å². The van der Waals surface area contributed by atoms with Crippen LogP contribution < -0.4 is 0 Å². The van der Waals surface area contributed by atoms with E-state index in [1.54, 1.807) is 12.1 Å². The number of amides is 1. The van der Waals surface area contributed by atoms with E-state index in [-0.39, 0.29) is 22.9 Å². The molecule has 1 N–H and O–H groups in total. The van der Waals surface area contributed by atoms with Crippen molar-refractivity contribution in [2.24, 2.45) is 5.41 Å². The number of piperidine rings is 1. The summed E-state index contributed by atoms with van der Waals surface area (Å²) in [6.45, 7) is 4.81. The summed E-state index contributed by atoms with van der Waals surface area (Å²) in [5.74, 6) is 0.0918. The summed E-state index contributed by atoms with van der Waals surface area (Å²) in [5, 5.41) is 17.6. The zero-order valence-electron chi connectivity index (χ0n) is 19.2. The molecule has 0 saturated carbocycles. The van der Waals surface area contributed by atoms with Gasteiger partial charge in [0.1, 0.15) is 0 Å². The number of carbonyl (C=O) groups is 2. The number of likely N-dealkylation sites (tertiary alicyclic amines) is 2. The number of hydrogen-bond donors (Lipinski definition) is 1. The van der Waals surface area contributed by atoms with Crippen molar-refractivity contribution in [3.8, 4) is 0 Å². The maximum Gasteiger partial charge on any atom is 0.335 e. The molecule has 2 aliphatic heterocycles. The Bertz CT molecular complexity index is 1180. The number of carboxylic acid groups (broad SMARTS) is 1. The molecule has 1 unspecified atom stereocenters. The van der Waals surface area contributed by atoms with E-state index in [4.69, 9.17) is 4.42 Å². The Morgan fingerprint density at radius 1 is 1.06 bits per heavy atom. The number of nitrogens with zero attached hydrogens (tertiary/aromatic N) is 4. The standard InChI is InChI=1S/C26H28N4O4/c1-18-27-28-23(34-18)22-15-26(17-30(22)16-19-6-3-2-4-7-19)10-12-29(13-11-26)24(31)20-8-5-9-21(14-20)25(32)33/h2-9,14,22H,10-13,15-17H2,1H3,(H,32,33).